The Hall–Kier alpha value is -1.49. The predicted molar refractivity (Wildman–Crippen MR) is 67.3 cm³/mol. The van der Waals surface area contributed by atoms with Crippen LogP contribution in [0.5, 0.6) is 0 Å². The van der Waals surface area contributed by atoms with E-state index in [1.54, 1.807) is 0 Å². The molecule has 0 aliphatic heterocycles. The molecule has 7 heteroatoms. The number of hydrogen-bond acceptors (Lipinski definition) is 5. The van der Waals surface area contributed by atoms with E-state index in [0.717, 1.165) is 13.0 Å². The predicted octanol–water partition coefficient (Wildman–Crippen LogP) is 0.231. The minimum Gasteiger partial charge on any atom is -0.315 e. The Morgan fingerprint density at radius 3 is 2.78 bits per heavy atom. The molecule has 1 rings (SSSR count). The van der Waals surface area contributed by atoms with Gasteiger partial charge in [-0.3, -0.25) is 4.98 Å². The molecular formula is C11H16N4O2S. The van der Waals surface area contributed by atoms with E-state index in [1.165, 1.54) is 18.5 Å². The summed E-state index contributed by atoms with van der Waals surface area (Å²) in [6, 6.07) is 3.16. The van der Waals surface area contributed by atoms with E-state index in [1.807, 2.05) is 13.0 Å². The zero-order chi connectivity index (χ0) is 13.4. The van der Waals surface area contributed by atoms with Gasteiger partial charge in [-0.05, 0) is 19.0 Å². The fraction of sp³-hybridized carbons (Fsp3) is 0.455. The zero-order valence-electron chi connectivity index (χ0n) is 10.2. The lowest BCUT2D eigenvalue weighted by Gasteiger charge is -2.07. The topological polar surface area (TPSA) is 94.9 Å². The van der Waals surface area contributed by atoms with Crippen LogP contribution in [-0.2, 0) is 10.0 Å². The maximum Gasteiger partial charge on any atom is 0.242 e. The maximum absolute atomic E-state index is 11.8. The van der Waals surface area contributed by atoms with Crippen molar-refractivity contribution in [2.24, 2.45) is 0 Å². The first kappa shape index (κ1) is 14.6. The molecule has 6 nitrogen and oxygen atoms in total. The normalized spacial score (nSPS) is 11.1. The second-order valence-corrected chi connectivity index (χ2v) is 5.44. The fourth-order valence-corrected chi connectivity index (χ4v) is 2.31. The molecule has 0 radical (unpaired) electrons. The summed E-state index contributed by atoms with van der Waals surface area (Å²) in [6.07, 6.45) is 3.55. The standard InChI is InChI=1S/C11H16N4O2S/c1-2-3-13-4-5-15-18(16,17)11-6-10(7-12)8-14-9-11/h6,8-9,13,15H,2-5H2,1H3. The van der Waals surface area contributed by atoms with E-state index in [0.29, 0.717) is 13.1 Å². The van der Waals surface area contributed by atoms with Gasteiger partial charge in [-0.25, -0.2) is 13.1 Å². The summed E-state index contributed by atoms with van der Waals surface area (Å²) in [5.41, 5.74) is 0.224. The van der Waals surface area contributed by atoms with Crippen LogP contribution < -0.4 is 10.0 Å². The van der Waals surface area contributed by atoms with Crippen molar-refractivity contribution in [1.29, 1.82) is 5.26 Å². The SMILES string of the molecule is CCCNCCNS(=O)(=O)c1cncc(C#N)c1. The van der Waals surface area contributed by atoms with Crippen molar-refractivity contribution in [3.8, 4) is 6.07 Å². The van der Waals surface area contributed by atoms with Crippen molar-refractivity contribution >= 4 is 10.0 Å². The molecule has 0 unspecified atom stereocenters. The van der Waals surface area contributed by atoms with Crippen molar-refractivity contribution < 1.29 is 8.42 Å². The number of nitrogens with zero attached hydrogens (tertiary/aromatic N) is 2. The third-order valence-electron chi connectivity index (χ3n) is 2.17. The third kappa shape index (κ3) is 4.41. The van der Waals surface area contributed by atoms with Crippen LogP contribution in [0.3, 0.4) is 0 Å². The molecule has 0 bridgehead atoms. The molecule has 0 aliphatic carbocycles. The number of rotatable bonds is 7. The summed E-state index contributed by atoms with van der Waals surface area (Å²) < 4.78 is 26.1. The highest BCUT2D eigenvalue weighted by Gasteiger charge is 2.14. The smallest absolute Gasteiger partial charge is 0.242 e. The molecule has 1 heterocycles. The molecule has 1 aromatic heterocycles. The first-order valence-electron chi connectivity index (χ1n) is 5.65. The number of aromatic nitrogens is 1. The van der Waals surface area contributed by atoms with Crippen LogP contribution in [0.4, 0.5) is 0 Å². The Balaban J connectivity index is 2.60. The third-order valence-corrected chi connectivity index (χ3v) is 3.60. The first-order valence-corrected chi connectivity index (χ1v) is 7.14. The van der Waals surface area contributed by atoms with Crippen LogP contribution >= 0.6 is 0 Å². The molecule has 0 saturated heterocycles. The van der Waals surface area contributed by atoms with Crippen LogP contribution in [0.1, 0.15) is 18.9 Å². The van der Waals surface area contributed by atoms with Crippen molar-refractivity contribution in [3.63, 3.8) is 0 Å². The van der Waals surface area contributed by atoms with Gasteiger partial charge >= 0.3 is 0 Å². The molecule has 2 N–H and O–H groups in total. The quantitative estimate of drug-likeness (QED) is 0.690. The van der Waals surface area contributed by atoms with Gasteiger partial charge < -0.3 is 5.32 Å². The van der Waals surface area contributed by atoms with Gasteiger partial charge in [-0.2, -0.15) is 5.26 Å². The molecule has 0 aromatic carbocycles. The number of pyridine rings is 1. The highest BCUT2D eigenvalue weighted by molar-refractivity contribution is 7.89. The summed E-state index contributed by atoms with van der Waals surface area (Å²) in [6.45, 7) is 3.76. The number of sulfonamides is 1. The maximum atomic E-state index is 11.8. The lowest BCUT2D eigenvalue weighted by molar-refractivity contribution is 0.575. The molecule has 98 valence electrons. The van der Waals surface area contributed by atoms with Gasteiger partial charge in [-0.15, -0.1) is 0 Å². The van der Waals surface area contributed by atoms with Crippen LogP contribution in [0.15, 0.2) is 23.4 Å². The van der Waals surface area contributed by atoms with Crippen LogP contribution in [-0.4, -0.2) is 33.0 Å². The largest absolute Gasteiger partial charge is 0.315 e. The fourth-order valence-electron chi connectivity index (χ4n) is 1.29. The average molecular weight is 268 g/mol. The summed E-state index contributed by atoms with van der Waals surface area (Å²) in [7, 11) is -3.58. The molecule has 0 fully saturated rings. The molecule has 0 atom stereocenters. The van der Waals surface area contributed by atoms with Crippen molar-refractivity contribution in [3.05, 3.63) is 24.0 Å². The zero-order valence-corrected chi connectivity index (χ0v) is 11.0. The Kier molecular flexibility index (Phi) is 5.71. The summed E-state index contributed by atoms with van der Waals surface area (Å²) in [4.78, 5) is 3.73. The van der Waals surface area contributed by atoms with Crippen LogP contribution in [0.2, 0.25) is 0 Å². The van der Waals surface area contributed by atoms with E-state index >= 15 is 0 Å². The van der Waals surface area contributed by atoms with E-state index in [4.69, 9.17) is 5.26 Å². The van der Waals surface area contributed by atoms with Gasteiger partial charge in [0.25, 0.3) is 0 Å². The number of hydrogen-bond donors (Lipinski definition) is 2. The Labute approximate surface area is 107 Å². The second kappa shape index (κ2) is 7.06. The highest BCUT2D eigenvalue weighted by Crippen LogP contribution is 2.08. The van der Waals surface area contributed by atoms with Gasteiger partial charge in [-0.1, -0.05) is 6.92 Å². The van der Waals surface area contributed by atoms with E-state index in [-0.39, 0.29) is 10.5 Å². The lowest BCUT2D eigenvalue weighted by Crippen LogP contribution is -2.32. The molecule has 0 amide bonds. The number of nitrogens with one attached hydrogen (secondary N) is 2. The molecule has 0 aliphatic rings. The lowest BCUT2D eigenvalue weighted by atomic mass is 10.3. The average Bonchev–Trinajstić information content (AvgIpc) is 2.38. The van der Waals surface area contributed by atoms with E-state index in [2.05, 4.69) is 15.0 Å². The summed E-state index contributed by atoms with van der Waals surface area (Å²) >= 11 is 0. The van der Waals surface area contributed by atoms with Crippen molar-refractivity contribution in [2.75, 3.05) is 19.6 Å². The Morgan fingerprint density at radius 2 is 2.11 bits per heavy atom. The Morgan fingerprint density at radius 1 is 1.33 bits per heavy atom. The van der Waals surface area contributed by atoms with Gasteiger partial charge in [0.15, 0.2) is 0 Å². The van der Waals surface area contributed by atoms with Crippen molar-refractivity contribution in [2.45, 2.75) is 18.2 Å². The molecule has 0 saturated carbocycles. The minimum absolute atomic E-state index is 0.0111. The molecule has 1 aromatic rings. The Bertz CT molecular complexity index is 522. The summed E-state index contributed by atoms with van der Waals surface area (Å²) in [5, 5.41) is 11.8. The van der Waals surface area contributed by atoms with Crippen molar-refractivity contribution in [1.82, 2.24) is 15.0 Å². The van der Waals surface area contributed by atoms with E-state index < -0.39 is 10.0 Å². The van der Waals surface area contributed by atoms with E-state index in [9.17, 15) is 8.42 Å². The summed E-state index contributed by atoms with van der Waals surface area (Å²) in [5.74, 6) is 0. The highest BCUT2D eigenvalue weighted by atomic mass is 32.2. The van der Waals surface area contributed by atoms with Crippen LogP contribution in [0, 0.1) is 11.3 Å². The van der Waals surface area contributed by atoms with Gasteiger partial charge in [0.1, 0.15) is 11.0 Å². The molecular weight excluding hydrogens is 252 g/mol. The number of nitriles is 1. The molecule has 18 heavy (non-hydrogen) atoms. The second-order valence-electron chi connectivity index (χ2n) is 3.67. The van der Waals surface area contributed by atoms with Gasteiger partial charge in [0.2, 0.25) is 10.0 Å². The van der Waals surface area contributed by atoms with Gasteiger partial charge in [0, 0.05) is 25.5 Å². The van der Waals surface area contributed by atoms with Crippen LogP contribution in [0.25, 0.3) is 0 Å². The van der Waals surface area contributed by atoms with Gasteiger partial charge in [0.05, 0.1) is 5.56 Å². The minimum atomic E-state index is -3.58. The first-order chi connectivity index (χ1) is 8.60. The molecule has 0 spiro atoms. The monoisotopic (exact) mass is 268 g/mol.